The van der Waals surface area contributed by atoms with E-state index >= 15 is 0 Å². The fourth-order valence-corrected chi connectivity index (χ4v) is 9.21. The lowest BCUT2D eigenvalue weighted by molar-refractivity contribution is -0.136. The minimum absolute atomic E-state index is 0.0113. The van der Waals surface area contributed by atoms with Gasteiger partial charge in [-0.2, -0.15) is 11.8 Å². The molecule has 0 aromatic carbocycles. The van der Waals surface area contributed by atoms with Gasteiger partial charge in [0.1, 0.15) is 0 Å². The van der Waals surface area contributed by atoms with Crippen molar-refractivity contribution in [2.75, 3.05) is 25.4 Å². The van der Waals surface area contributed by atoms with Gasteiger partial charge in [0.05, 0.1) is 18.1 Å². The van der Waals surface area contributed by atoms with Gasteiger partial charge >= 0.3 is 6.03 Å². The summed E-state index contributed by atoms with van der Waals surface area (Å²) in [6.07, 6.45) is 14.2. The number of carbonyl (C=O) groups excluding carboxylic acids is 2. The highest BCUT2D eigenvalue weighted by Gasteiger charge is 2.47. The Bertz CT molecular complexity index is 788. The molecule has 5 fully saturated rings. The van der Waals surface area contributed by atoms with E-state index in [9.17, 15) is 9.59 Å². The first-order valence-corrected chi connectivity index (χ1v) is 14.1. The SMILES string of the molecule is O=C1N[C@H]2[C@H](CS[C@H]2CCCCC(=O)N2CCCC3=C[C@H]4C[C@H](CN5CCCC[C@H]45)[C@H]32)N1. The van der Waals surface area contributed by atoms with Crippen LogP contribution in [0.25, 0.3) is 0 Å². The van der Waals surface area contributed by atoms with Crippen molar-refractivity contribution in [3.8, 4) is 0 Å². The van der Waals surface area contributed by atoms with Crippen LogP contribution in [0.5, 0.6) is 0 Å². The number of rotatable bonds is 5. The van der Waals surface area contributed by atoms with Crippen LogP contribution in [0.15, 0.2) is 11.6 Å². The van der Waals surface area contributed by atoms with Gasteiger partial charge in [-0.15, -0.1) is 0 Å². The Kier molecular flexibility index (Phi) is 5.91. The summed E-state index contributed by atoms with van der Waals surface area (Å²) in [6.45, 7) is 3.41. The molecule has 0 spiro atoms. The Labute approximate surface area is 196 Å². The largest absolute Gasteiger partial charge is 0.336 e. The van der Waals surface area contributed by atoms with Crippen LogP contribution in [-0.2, 0) is 4.79 Å². The number of fused-ring (bicyclic) bond motifs is 7. The predicted molar refractivity (Wildman–Crippen MR) is 128 cm³/mol. The van der Waals surface area contributed by atoms with Crippen molar-refractivity contribution in [1.82, 2.24) is 20.4 Å². The van der Waals surface area contributed by atoms with Gasteiger partial charge < -0.3 is 15.5 Å². The van der Waals surface area contributed by atoms with Crippen molar-refractivity contribution >= 4 is 23.7 Å². The summed E-state index contributed by atoms with van der Waals surface area (Å²) < 4.78 is 0. The maximum atomic E-state index is 13.3. The molecule has 1 aliphatic carbocycles. The van der Waals surface area contributed by atoms with Gasteiger partial charge in [0.2, 0.25) is 5.91 Å². The van der Waals surface area contributed by atoms with E-state index in [2.05, 4.69) is 26.5 Å². The molecule has 3 amide bonds. The maximum Gasteiger partial charge on any atom is 0.315 e. The number of nitrogens with zero attached hydrogens (tertiary/aromatic N) is 2. The second kappa shape index (κ2) is 8.86. The second-order valence-electron chi connectivity index (χ2n) is 11.0. The number of amides is 3. The average molecular weight is 459 g/mol. The quantitative estimate of drug-likeness (QED) is 0.377. The van der Waals surface area contributed by atoms with Crippen LogP contribution in [-0.4, -0.2) is 76.5 Å². The number of nitrogens with one attached hydrogen (secondary N) is 2. The second-order valence-corrected chi connectivity index (χ2v) is 12.2. The highest BCUT2D eigenvalue weighted by Crippen LogP contribution is 2.45. The predicted octanol–water partition coefficient (Wildman–Crippen LogP) is 3.13. The highest BCUT2D eigenvalue weighted by molar-refractivity contribution is 8.00. The molecule has 0 unspecified atom stereocenters. The summed E-state index contributed by atoms with van der Waals surface area (Å²) in [7, 11) is 0. The maximum absolute atomic E-state index is 13.3. The smallest absolute Gasteiger partial charge is 0.315 e. The molecule has 176 valence electrons. The summed E-state index contributed by atoms with van der Waals surface area (Å²) in [5.74, 6) is 2.77. The summed E-state index contributed by atoms with van der Waals surface area (Å²) >= 11 is 1.97. The van der Waals surface area contributed by atoms with Crippen LogP contribution >= 0.6 is 11.8 Å². The minimum Gasteiger partial charge on any atom is -0.336 e. The summed E-state index contributed by atoms with van der Waals surface area (Å²) in [5, 5.41) is 6.59. The number of piperidine rings is 3. The van der Waals surface area contributed by atoms with Crippen LogP contribution in [0, 0.1) is 11.8 Å². The van der Waals surface area contributed by atoms with Crippen molar-refractivity contribution in [3.05, 3.63) is 11.6 Å². The van der Waals surface area contributed by atoms with Crippen LogP contribution in [0.2, 0.25) is 0 Å². The Morgan fingerprint density at radius 1 is 1.16 bits per heavy atom. The molecule has 0 radical (unpaired) electrons. The standard InChI is InChI=1S/C25H38N4O2S/c30-22(9-2-1-8-21-23-19(15-32-21)26-25(31)27-23)29-11-5-6-16-12-17-13-18(24(16)29)14-28-10-4-3-7-20(17)28/h12,17-21,23-24H,1-11,13-15H2,(H2,26,27,31)/t17-,18+,19-,20+,21-,23-,24-/m0/s1. The number of thioether (sulfide) groups is 1. The number of hydrogen-bond donors (Lipinski definition) is 2. The van der Waals surface area contributed by atoms with Crippen LogP contribution < -0.4 is 10.6 Å². The third-order valence-electron chi connectivity index (χ3n) is 9.04. The zero-order valence-electron chi connectivity index (χ0n) is 19.1. The number of urea groups is 1. The number of likely N-dealkylation sites (tertiary alicyclic amines) is 1. The van der Waals surface area contributed by atoms with Gasteiger partial charge in [0.15, 0.2) is 0 Å². The van der Waals surface area contributed by atoms with E-state index in [4.69, 9.17) is 0 Å². The van der Waals surface area contributed by atoms with Crippen LogP contribution in [0.1, 0.15) is 64.2 Å². The van der Waals surface area contributed by atoms with Crippen LogP contribution in [0.4, 0.5) is 4.79 Å². The third-order valence-corrected chi connectivity index (χ3v) is 10.6. The summed E-state index contributed by atoms with van der Waals surface area (Å²) in [5.41, 5.74) is 1.59. The van der Waals surface area contributed by atoms with E-state index in [1.54, 1.807) is 5.57 Å². The van der Waals surface area contributed by atoms with Crippen molar-refractivity contribution in [2.45, 2.75) is 93.6 Å². The number of hydrogen-bond acceptors (Lipinski definition) is 4. The molecule has 6 nitrogen and oxygen atoms in total. The topological polar surface area (TPSA) is 64.7 Å². The lowest BCUT2D eigenvalue weighted by Crippen LogP contribution is -2.60. The zero-order chi connectivity index (χ0) is 21.7. The molecule has 5 saturated heterocycles. The van der Waals surface area contributed by atoms with Gasteiger partial charge in [-0.25, -0.2) is 4.79 Å². The fourth-order valence-electron chi connectivity index (χ4n) is 7.66. The molecule has 5 heterocycles. The molecule has 6 rings (SSSR count). The molecule has 2 N–H and O–H groups in total. The van der Waals surface area contributed by atoms with Crippen molar-refractivity contribution in [1.29, 1.82) is 0 Å². The van der Waals surface area contributed by atoms with E-state index in [-0.39, 0.29) is 12.1 Å². The molecule has 0 aromatic heterocycles. The molecule has 0 saturated carbocycles. The fraction of sp³-hybridized carbons (Fsp3) is 0.840. The first-order chi connectivity index (χ1) is 15.7. The van der Waals surface area contributed by atoms with E-state index < -0.39 is 0 Å². The Hall–Kier alpha value is -1.21. The molecule has 2 bridgehead atoms. The van der Waals surface area contributed by atoms with Crippen LogP contribution in [0.3, 0.4) is 0 Å². The lowest BCUT2D eigenvalue weighted by atomic mass is 9.68. The van der Waals surface area contributed by atoms with Crippen molar-refractivity contribution < 1.29 is 9.59 Å². The van der Waals surface area contributed by atoms with Gasteiger partial charge in [-0.3, -0.25) is 9.69 Å². The monoisotopic (exact) mass is 458 g/mol. The Morgan fingerprint density at radius 3 is 3.03 bits per heavy atom. The highest BCUT2D eigenvalue weighted by atomic mass is 32.2. The lowest BCUT2D eigenvalue weighted by Gasteiger charge is -2.54. The Morgan fingerprint density at radius 2 is 2.09 bits per heavy atom. The number of carbonyl (C=O) groups is 2. The van der Waals surface area contributed by atoms with Gasteiger partial charge in [0, 0.05) is 36.6 Å². The van der Waals surface area contributed by atoms with E-state index in [1.165, 1.54) is 45.2 Å². The van der Waals surface area contributed by atoms with Gasteiger partial charge in [0.25, 0.3) is 0 Å². The normalized spacial score (nSPS) is 40.6. The first-order valence-electron chi connectivity index (χ1n) is 13.1. The molecule has 7 atom stereocenters. The molecule has 7 heteroatoms. The zero-order valence-corrected chi connectivity index (χ0v) is 20.0. The molecular formula is C25H38N4O2S. The summed E-state index contributed by atoms with van der Waals surface area (Å²) in [6, 6.07) is 1.71. The number of unbranched alkanes of at least 4 members (excludes halogenated alkanes) is 1. The molecule has 0 aromatic rings. The van der Waals surface area contributed by atoms with Crippen molar-refractivity contribution in [2.24, 2.45) is 11.8 Å². The molecule has 5 aliphatic heterocycles. The first kappa shape index (κ1) is 21.3. The van der Waals surface area contributed by atoms with Crippen molar-refractivity contribution in [3.63, 3.8) is 0 Å². The van der Waals surface area contributed by atoms with Gasteiger partial charge in [-0.05, 0) is 63.3 Å². The Balaban J connectivity index is 1.04. The van der Waals surface area contributed by atoms with Gasteiger partial charge in [-0.1, -0.05) is 24.5 Å². The third kappa shape index (κ3) is 3.87. The van der Waals surface area contributed by atoms with E-state index in [0.717, 1.165) is 49.9 Å². The average Bonchev–Trinajstić information content (AvgIpc) is 3.35. The van der Waals surface area contributed by atoms with E-state index in [1.807, 2.05) is 11.8 Å². The molecule has 32 heavy (non-hydrogen) atoms. The minimum atomic E-state index is -0.0113. The van der Waals surface area contributed by atoms with E-state index in [0.29, 0.717) is 35.6 Å². The molecular weight excluding hydrogens is 420 g/mol. The molecule has 6 aliphatic rings. The summed E-state index contributed by atoms with van der Waals surface area (Å²) in [4.78, 5) is 29.9.